The third-order valence-electron chi connectivity index (χ3n) is 5.11. The largest absolute Gasteiger partial charge is 0.0651 e. The summed E-state index contributed by atoms with van der Waals surface area (Å²) in [5.41, 5.74) is 0. The predicted octanol–water partition coefficient (Wildman–Crippen LogP) is 8.07. The van der Waals surface area contributed by atoms with Gasteiger partial charge in [-0.15, -0.1) is 0 Å². The van der Waals surface area contributed by atoms with Crippen LogP contribution in [0.25, 0.3) is 0 Å². The molecule has 0 radical (unpaired) electrons. The monoisotopic (exact) mass is 300 g/mol. The Labute approximate surface area is 138 Å². The molecule has 0 nitrogen and oxygen atoms in total. The van der Waals surface area contributed by atoms with E-state index in [1.807, 2.05) is 0 Å². The summed E-state index contributed by atoms with van der Waals surface area (Å²) in [7, 11) is 0. The van der Waals surface area contributed by atoms with Crippen LogP contribution in [0.15, 0.2) is 0 Å². The van der Waals surface area contributed by atoms with E-state index in [0.717, 1.165) is 35.5 Å². The Morgan fingerprint density at radius 3 is 0.762 bits per heavy atom. The maximum atomic E-state index is 2.30. The second-order valence-electron chi connectivity index (χ2n) is 7.94. The summed E-state index contributed by atoms with van der Waals surface area (Å²) < 4.78 is 0. The molecule has 0 aliphatic rings. The molecule has 0 saturated carbocycles. The molecule has 0 aliphatic carbocycles. The SMILES string of the molecule is CC(C)C(C)C.CCC(C)C(C)C.CCC(CC)C(C)C. The molecule has 0 heterocycles. The molecule has 0 aromatic rings. The fraction of sp³-hybridized carbons (Fsp3) is 1.00. The van der Waals surface area contributed by atoms with Crippen molar-refractivity contribution in [2.45, 2.75) is 102 Å². The van der Waals surface area contributed by atoms with Gasteiger partial charge in [-0.05, 0) is 35.5 Å². The summed E-state index contributed by atoms with van der Waals surface area (Å²) in [6, 6.07) is 0. The molecule has 0 bridgehead atoms. The van der Waals surface area contributed by atoms with E-state index >= 15 is 0 Å². The van der Waals surface area contributed by atoms with Crippen LogP contribution in [0.3, 0.4) is 0 Å². The van der Waals surface area contributed by atoms with Gasteiger partial charge >= 0.3 is 0 Å². The van der Waals surface area contributed by atoms with Crippen molar-refractivity contribution < 1.29 is 0 Å². The first-order chi connectivity index (χ1) is 9.54. The highest BCUT2D eigenvalue weighted by Crippen LogP contribution is 2.17. The van der Waals surface area contributed by atoms with Crippen LogP contribution < -0.4 is 0 Å². The van der Waals surface area contributed by atoms with Gasteiger partial charge in [0.1, 0.15) is 0 Å². The Balaban J connectivity index is -0.000000234. The van der Waals surface area contributed by atoms with Crippen LogP contribution in [0.1, 0.15) is 102 Å². The van der Waals surface area contributed by atoms with Gasteiger partial charge in [0.2, 0.25) is 0 Å². The maximum Gasteiger partial charge on any atom is -0.0396 e. The molecule has 0 aliphatic heterocycles. The van der Waals surface area contributed by atoms with Crippen molar-refractivity contribution >= 4 is 0 Å². The van der Waals surface area contributed by atoms with E-state index in [1.54, 1.807) is 0 Å². The molecule has 0 rings (SSSR count). The van der Waals surface area contributed by atoms with E-state index in [-0.39, 0.29) is 0 Å². The Bertz CT molecular complexity index is 166. The van der Waals surface area contributed by atoms with Crippen molar-refractivity contribution in [1.82, 2.24) is 0 Å². The van der Waals surface area contributed by atoms with E-state index in [1.165, 1.54) is 19.3 Å². The molecule has 1 atom stereocenters. The van der Waals surface area contributed by atoms with Crippen LogP contribution in [0.4, 0.5) is 0 Å². The summed E-state index contributed by atoms with van der Waals surface area (Å²) >= 11 is 0. The fourth-order valence-corrected chi connectivity index (χ4v) is 1.70. The van der Waals surface area contributed by atoms with Gasteiger partial charge in [0.15, 0.2) is 0 Å². The molecule has 0 aromatic heterocycles. The summed E-state index contributed by atoms with van der Waals surface area (Å²) in [5.74, 6) is 5.31. The summed E-state index contributed by atoms with van der Waals surface area (Å²) in [6.07, 6.45) is 4.00. The standard InChI is InChI=1S/C8H18.C7H16.C6H14/c1-5-8(6-2)7(3)4;1-5-7(4)6(2)3;1-5(2)6(3)4/h7-8H,5-6H2,1-4H3;6-7H,5H2,1-4H3;5-6H,1-4H3. The minimum Gasteiger partial charge on any atom is -0.0651 e. The molecule has 0 heteroatoms. The summed E-state index contributed by atoms with van der Waals surface area (Å²) in [5, 5.41) is 0. The van der Waals surface area contributed by atoms with Crippen molar-refractivity contribution in [1.29, 1.82) is 0 Å². The van der Waals surface area contributed by atoms with Gasteiger partial charge in [-0.3, -0.25) is 0 Å². The molecule has 0 spiro atoms. The van der Waals surface area contributed by atoms with Crippen molar-refractivity contribution in [3.05, 3.63) is 0 Å². The Kier molecular flexibility index (Phi) is 20.2. The molecule has 0 aromatic carbocycles. The second kappa shape index (κ2) is 16.4. The second-order valence-corrected chi connectivity index (χ2v) is 7.94. The minimum atomic E-state index is 0.852. The zero-order chi connectivity index (χ0) is 17.6. The van der Waals surface area contributed by atoms with E-state index in [9.17, 15) is 0 Å². The lowest BCUT2D eigenvalue weighted by Crippen LogP contribution is -2.04. The van der Waals surface area contributed by atoms with Gasteiger partial charge in [-0.2, -0.15) is 0 Å². The molecule has 0 N–H and O–H groups in total. The number of rotatable bonds is 6. The van der Waals surface area contributed by atoms with Gasteiger partial charge in [-0.25, -0.2) is 0 Å². The molecular formula is C21H48. The lowest BCUT2D eigenvalue weighted by Gasteiger charge is -2.15. The van der Waals surface area contributed by atoms with Crippen LogP contribution in [0, 0.1) is 35.5 Å². The van der Waals surface area contributed by atoms with Crippen molar-refractivity contribution in [2.75, 3.05) is 0 Å². The molecule has 0 fully saturated rings. The van der Waals surface area contributed by atoms with Gasteiger partial charge < -0.3 is 0 Å². The topological polar surface area (TPSA) is 0 Å². The first-order valence-corrected chi connectivity index (χ1v) is 9.54. The highest BCUT2D eigenvalue weighted by Gasteiger charge is 2.06. The summed E-state index contributed by atoms with van der Waals surface area (Å²) in [6.45, 7) is 27.2. The first-order valence-electron chi connectivity index (χ1n) is 9.54. The third-order valence-corrected chi connectivity index (χ3v) is 5.11. The van der Waals surface area contributed by atoms with Gasteiger partial charge in [0.05, 0.1) is 0 Å². The fourth-order valence-electron chi connectivity index (χ4n) is 1.70. The van der Waals surface area contributed by atoms with Crippen molar-refractivity contribution in [3.63, 3.8) is 0 Å². The highest BCUT2D eigenvalue weighted by atomic mass is 14.1. The van der Waals surface area contributed by atoms with Gasteiger partial charge in [0, 0.05) is 0 Å². The van der Waals surface area contributed by atoms with E-state index < -0.39 is 0 Å². The average Bonchev–Trinajstić information content (AvgIpc) is 2.39. The van der Waals surface area contributed by atoms with Gasteiger partial charge in [0.25, 0.3) is 0 Å². The average molecular weight is 301 g/mol. The zero-order valence-electron chi connectivity index (χ0n) is 17.6. The normalized spacial score (nSPS) is 12.4. The molecule has 0 amide bonds. The predicted molar refractivity (Wildman–Crippen MR) is 103 cm³/mol. The first kappa shape index (κ1) is 25.9. The smallest absolute Gasteiger partial charge is 0.0396 e. The Hall–Kier alpha value is 0. The van der Waals surface area contributed by atoms with Crippen LogP contribution in [-0.4, -0.2) is 0 Å². The van der Waals surface area contributed by atoms with Crippen LogP contribution >= 0.6 is 0 Å². The van der Waals surface area contributed by atoms with Gasteiger partial charge in [-0.1, -0.05) is 102 Å². The highest BCUT2D eigenvalue weighted by molar-refractivity contribution is 4.57. The molecule has 132 valence electrons. The van der Waals surface area contributed by atoms with E-state index in [4.69, 9.17) is 0 Å². The van der Waals surface area contributed by atoms with E-state index in [2.05, 4.69) is 83.1 Å². The zero-order valence-corrected chi connectivity index (χ0v) is 17.6. The number of hydrogen-bond acceptors (Lipinski definition) is 0. The minimum absolute atomic E-state index is 0.852. The third kappa shape index (κ3) is 20.0. The van der Waals surface area contributed by atoms with Crippen LogP contribution in [0.2, 0.25) is 0 Å². The lowest BCUT2D eigenvalue weighted by molar-refractivity contribution is 0.362. The molecule has 1 unspecified atom stereocenters. The Morgan fingerprint density at radius 1 is 0.429 bits per heavy atom. The Morgan fingerprint density at radius 2 is 0.762 bits per heavy atom. The van der Waals surface area contributed by atoms with Crippen molar-refractivity contribution in [2.24, 2.45) is 35.5 Å². The maximum absolute atomic E-state index is 2.30. The van der Waals surface area contributed by atoms with Crippen LogP contribution in [0.5, 0.6) is 0 Å². The van der Waals surface area contributed by atoms with E-state index in [0.29, 0.717) is 0 Å². The quantitative estimate of drug-likeness (QED) is 0.465. The lowest BCUT2D eigenvalue weighted by atomic mass is 9.91. The molecule has 0 saturated heterocycles. The van der Waals surface area contributed by atoms with Crippen molar-refractivity contribution in [3.8, 4) is 0 Å². The molecule has 21 heavy (non-hydrogen) atoms. The summed E-state index contributed by atoms with van der Waals surface area (Å²) in [4.78, 5) is 0. The molecular weight excluding hydrogens is 252 g/mol. The number of hydrogen-bond donors (Lipinski definition) is 0. The van der Waals surface area contributed by atoms with Crippen LogP contribution in [-0.2, 0) is 0 Å².